The van der Waals surface area contributed by atoms with Crippen LogP contribution in [0.25, 0.3) is 10.9 Å². The summed E-state index contributed by atoms with van der Waals surface area (Å²) < 4.78 is 0. The molecule has 2 aromatic rings. The molecule has 0 saturated heterocycles. The highest BCUT2D eigenvalue weighted by Crippen LogP contribution is 2.21. The molecule has 1 aromatic heterocycles. The molecule has 0 fully saturated rings. The van der Waals surface area contributed by atoms with Crippen molar-refractivity contribution < 1.29 is 24.4 Å². The number of aromatic amines is 1. The molecule has 4 amide bonds. The predicted octanol–water partition coefficient (Wildman–Crippen LogP) is 1.86. The van der Waals surface area contributed by atoms with Crippen molar-refractivity contribution >= 4 is 34.5 Å². The molecule has 10 heteroatoms. The van der Waals surface area contributed by atoms with E-state index in [-0.39, 0.29) is 24.2 Å². The van der Waals surface area contributed by atoms with Crippen molar-refractivity contribution in [1.82, 2.24) is 20.7 Å². The highest BCUT2D eigenvalue weighted by molar-refractivity contribution is 5.94. The number of carbonyl (C=O) groups excluding carboxylic acids is 4. The van der Waals surface area contributed by atoms with E-state index in [2.05, 4.69) is 15.6 Å². The van der Waals surface area contributed by atoms with Crippen molar-refractivity contribution in [2.45, 2.75) is 72.0 Å². The minimum atomic E-state index is -1.34. The van der Waals surface area contributed by atoms with Crippen molar-refractivity contribution in [2.24, 2.45) is 17.6 Å². The Balaban J connectivity index is 2.29. The first-order valence-corrected chi connectivity index (χ1v) is 11.9. The standard InChI is InChI=1S/C25H37N5O5/c1-6-14(3)21(28-16(5)31)24(33)29-22(15(4)7-2)25(34)30(35)20(23(26)32)12-17-13-27-19-11-9-8-10-18(17)19/h8-11,13-15,20-22,27,35H,6-7,12H2,1-5H3,(H2,26,32)(H,28,31)(H,29,33)/t14-,15-,20-,21-,22-/m0/s1. The number of hydrogen-bond acceptors (Lipinski definition) is 5. The van der Waals surface area contributed by atoms with E-state index in [1.807, 2.05) is 45.0 Å². The van der Waals surface area contributed by atoms with Crippen molar-refractivity contribution in [1.29, 1.82) is 0 Å². The first-order chi connectivity index (χ1) is 16.5. The number of amides is 4. The lowest BCUT2D eigenvalue weighted by Crippen LogP contribution is -2.59. The lowest BCUT2D eigenvalue weighted by molar-refractivity contribution is -0.182. The normalized spacial score (nSPS) is 15.5. The highest BCUT2D eigenvalue weighted by atomic mass is 16.5. The molecule has 1 heterocycles. The largest absolute Gasteiger partial charge is 0.368 e. The number of carbonyl (C=O) groups is 4. The Labute approximate surface area is 205 Å². The Morgan fingerprint density at radius 1 is 1.03 bits per heavy atom. The summed E-state index contributed by atoms with van der Waals surface area (Å²) in [5.41, 5.74) is 7.13. The van der Waals surface area contributed by atoms with Gasteiger partial charge in [-0.2, -0.15) is 0 Å². The average Bonchev–Trinajstić information content (AvgIpc) is 3.24. The molecule has 0 unspecified atom stereocenters. The third kappa shape index (κ3) is 6.82. The van der Waals surface area contributed by atoms with E-state index < -0.39 is 35.8 Å². The minimum Gasteiger partial charge on any atom is -0.368 e. The molecule has 0 aliphatic heterocycles. The number of aromatic nitrogens is 1. The molecule has 10 nitrogen and oxygen atoms in total. The van der Waals surface area contributed by atoms with E-state index in [4.69, 9.17) is 5.73 Å². The Morgan fingerprint density at radius 3 is 2.20 bits per heavy atom. The van der Waals surface area contributed by atoms with Crippen LogP contribution in [0.5, 0.6) is 0 Å². The van der Waals surface area contributed by atoms with Gasteiger partial charge in [-0.25, -0.2) is 5.06 Å². The van der Waals surface area contributed by atoms with Crippen LogP contribution in [0.15, 0.2) is 30.5 Å². The van der Waals surface area contributed by atoms with Gasteiger partial charge in [0.1, 0.15) is 18.1 Å². The van der Waals surface area contributed by atoms with Gasteiger partial charge in [-0.15, -0.1) is 0 Å². The third-order valence-corrected chi connectivity index (χ3v) is 6.57. The van der Waals surface area contributed by atoms with Gasteiger partial charge in [0.25, 0.3) is 5.91 Å². The van der Waals surface area contributed by atoms with Gasteiger partial charge >= 0.3 is 0 Å². The van der Waals surface area contributed by atoms with Gasteiger partial charge in [-0.1, -0.05) is 58.7 Å². The van der Waals surface area contributed by atoms with Gasteiger partial charge in [-0.05, 0) is 23.5 Å². The molecule has 6 N–H and O–H groups in total. The number of fused-ring (bicyclic) bond motifs is 1. The molecular weight excluding hydrogens is 450 g/mol. The monoisotopic (exact) mass is 487 g/mol. The van der Waals surface area contributed by atoms with Crippen LogP contribution in [-0.4, -0.2) is 57.0 Å². The Morgan fingerprint density at radius 2 is 1.63 bits per heavy atom. The first kappa shape index (κ1) is 27.8. The van der Waals surface area contributed by atoms with Crippen LogP contribution in [0.3, 0.4) is 0 Å². The molecule has 0 radical (unpaired) electrons. The van der Waals surface area contributed by atoms with Gasteiger partial charge in [0.05, 0.1) is 0 Å². The number of benzene rings is 1. The van der Waals surface area contributed by atoms with Gasteiger partial charge in [0.2, 0.25) is 17.7 Å². The zero-order valence-electron chi connectivity index (χ0n) is 21.0. The maximum Gasteiger partial charge on any atom is 0.269 e. The van der Waals surface area contributed by atoms with Crippen LogP contribution in [0, 0.1) is 11.8 Å². The van der Waals surface area contributed by atoms with Crippen LogP contribution in [0.2, 0.25) is 0 Å². The number of nitrogens with zero attached hydrogens (tertiary/aromatic N) is 1. The topological polar surface area (TPSA) is 158 Å². The van der Waals surface area contributed by atoms with E-state index in [0.717, 1.165) is 10.9 Å². The van der Waals surface area contributed by atoms with Gasteiger partial charge in [0.15, 0.2) is 0 Å². The fourth-order valence-electron chi connectivity index (χ4n) is 3.96. The SMILES string of the molecule is CC[C@H](C)[C@H](NC(C)=O)C(=O)N[C@H](C(=O)N(O)[C@@H](Cc1c[nH]c2ccccc12)C(N)=O)[C@@H](C)CC. The number of H-pyrrole nitrogens is 1. The molecule has 35 heavy (non-hydrogen) atoms. The number of nitrogens with two attached hydrogens (primary N) is 1. The molecule has 2 rings (SSSR count). The van der Waals surface area contributed by atoms with Gasteiger partial charge in [0, 0.05) is 30.4 Å². The van der Waals surface area contributed by atoms with Crippen LogP contribution in [-0.2, 0) is 25.6 Å². The van der Waals surface area contributed by atoms with E-state index >= 15 is 0 Å². The predicted molar refractivity (Wildman–Crippen MR) is 132 cm³/mol. The molecule has 0 aliphatic carbocycles. The van der Waals surface area contributed by atoms with E-state index in [9.17, 15) is 24.4 Å². The smallest absolute Gasteiger partial charge is 0.269 e. The van der Waals surface area contributed by atoms with Crippen LogP contribution < -0.4 is 16.4 Å². The summed E-state index contributed by atoms with van der Waals surface area (Å²) in [4.78, 5) is 53.4. The summed E-state index contributed by atoms with van der Waals surface area (Å²) >= 11 is 0. The second-order valence-electron chi connectivity index (χ2n) is 9.10. The molecule has 1 aromatic carbocycles. The Kier molecular flexibility index (Phi) is 9.82. The van der Waals surface area contributed by atoms with Crippen molar-refractivity contribution in [3.63, 3.8) is 0 Å². The fourth-order valence-corrected chi connectivity index (χ4v) is 3.96. The number of hydroxylamine groups is 2. The number of hydrogen-bond donors (Lipinski definition) is 5. The van der Waals surface area contributed by atoms with E-state index in [0.29, 0.717) is 23.5 Å². The summed E-state index contributed by atoms with van der Waals surface area (Å²) in [5.74, 6) is -3.17. The number of para-hydroxylation sites is 1. The second-order valence-corrected chi connectivity index (χ2v) is 9.10. The lowest BCUT2D eigenvalue weighted by atomic mass is 9.94. The van der Waals surface area contributed by atoms with E-state index in [1.54, 1.807) is 13.1 Å². The summed E-state index contributed by atoms with van der Waals surface area (Å²) in [6, 6.07) is 4.14. The summed E-state index contributed by atoms with van der Waals surface area (Å²) in [6.45, 7) is 8.63. The minimum absolute atomic E-state index is 0.00978. The molecule has 192 valence electrons. The van der Waals surface area contributed by atoms with Crippen molar-refractivity contribution in [2.75, 3.05) is 0 Å². The molecule has 0 bridgehead atoms. The van der Waals surface area contributed by atoms with Crippen molar-refractivity contribution in [3.05, 3.63) is 36.0 Å². The first-order valence-electron chi connectivity index (χ1n) is 11.9. The lowest BCUT2D eigenvalue weighted by Gasteiger charge is -2.32. The van der Waals surface area contributed by atoms with Crippen LogP contribution in [0.1, 0.15) is 53.0 Å². The Hall–Kier alpha value is -3.40. The van der Waals surface area contributed by atoms with Crippen molar-refractivity contribution in [3.8, 4) is 0 Å². The Bertz CT molecular complexity index is 1050. The number of nitrogens with one attached hydrogen (secondary N) is 3. The van der Waals surface area contributed by atoms with Crippen LogP contribution >= 0.6 is 0 Å². The zero-order valence-corrected chi connectivity index (χ0v) is 21.0. The second kappa shape index (κ2) is 12.3. The summed E-state index contributed by atoms with van der Waals surface area (Å²) in [7, 11) is 0. The number of primary amides is 1. The maximum atomic E-state index is 13.4. The molecule has 0 spiro atoms. The average molecular weight is 488 g/mol. The zero-order chi connectivity index (χ0) is 26.3. The highest BCUT2D eigenvalue weighted by Gasteiger charge is 2.37. The summed E-state index contributed by atoms with van der Waals surface area (Å²) in [5, 5.41) is 17.3. The summed E-state index contributed by atoms with van der Waals surface area (Å²) in [6.07, 6.45) is 2.84. The van der Waals surface area contributed by atoms with Gasteiger partial charge in [-0.3, -0.25) is 24.4 Å². The molecule has 0 aliphatic rings. The van der Waals surface area contributed by atoms with E-state index in [1.165, 1.54) is 6.92 Å². The van der Waals surface area contributed by atoms with Gasteiger partial charge < -0.3 is 21.4 Å². The molecule has 5 atom stereocenters. The number of rotatable bonds is 12. The quantitative estimate of drug-likeness (QED) is 0.228. The molecular formula is C25H37N5O5. The van der Waals surface area contributed by atoms with Crippen LogP contribution in [0.4, 0.5) is 0 Å². The maximum absolute atomic E-state index is 13.4. The third-order valence-electron chi connectivity index (χ3n) is 6.57. The fraction of sp³-hybridized carbons (Fsp3) is 0.520. The molecule has 0 saturated carbocycles.